The van der Waals surface area contributed by atoms with Crippen LogP contribution in [0.1, 0.15) is 27.2 Å². The Morgan fingerprint density at radius 2 is 1.71 bits per heavy atom. The van der Waals surface area contributed by atoms with Crippen molar-refractivity contribution in [2.75, 3.05) is 17.2 Å². The van der Waals surface area contributed by atoms with Crippen LogP contribution in [0, 0.1) is 11.3 Å². The van der Waals surface area contributed by atoms with Crippen LogP contribution in [0.3, 0.4) is 0 Å². The molecule has 0 saturated carbocycles. The predicted octanol–water partition coefficient (Wildman–Crippen LogP) is 2.00. The normalized spacial score (nSPS) is 10.2. The van der Waals surface area contributed by atoms with Gasteiger partial charge in [-0.3, -0.25) is 9.59 Å². The maximum Gasteiger partial charge on any atom is 0.408 e. The molecule has 0 spiro atoms. The van der Waals surface area contributed by atoms with Gasteiger partial charge in [-0.2, -0.15) is 5.26 Å². The van der Waals surface area contributed by atoms with Crippen molar-refractivity contribution in [2.24, 2.45) is 0 Å². The van der Waals surface area contributed by atoms with Gasteiger partial charge in [0, 0.05) is 11.4 Å². The molecule has 0 fully saturated rings. The number of nitrogens with zero attached hydrogens (tertiary/aromatic N) is 1. The van der Waals surface area contributed by atoms with Crippen molar-refractivity contribution in [1.82, 2.24) is 5.32 Å². The second kappa shape index (κ2) is 8.53. The molecule has 0 aliphatic heterocycles. The lowest BCUT2D eigenvalue weighted by molar-refractivity contribution is -0.116. The van der Waals surface area contributed by atoms with E-state index in [2.05, 4.69) is 16.0 Å². The van der Waals surface area contributed by atoms with Gasteiger partial charge in [0.05, 0.1) is 6.07 Å². The van der Waals surface area contributed by atoms with E-state index < -0.39 is 23.5 Å². The highest BCUT2D eigenvalue weighted by molar-refractivity contribution is 5.96. The number of anilines is 2. The highest BCUT2D eigenvalue weighted by atomic mass is 16.6. The fourth-order valence-electron chi connectivity index (χ4n) is 1.62. The summed E-state index contributed by atoms with van der Waals surface area (Å²) in [6, 6.07) is 8.18. The summed E-state index contributed by atoms with van der Waals surface area (Å²) >= 11 is 0. The summed E-state index contributed by atoms with van der Waals surface area (Å²) in [5.41, 5.74) is 0.255. The second-order valence-electron chi connectivity index (χ2n) is 5.87. The molecule has 1 aromatic carbocycles. The van der Waals surface area contributed by atoms with E-state index in [4.69, 9.17) is 10.00 Å². The number of nitriles is 1. The highest BCUT2D eigenvalue weighted by Crippen LogP contribution is 2.15. The number of hydrogen-bond donors (Lipinski definition) is 3. The van der Waals surface area contributed by atoms with E-state index in [0.29, 0.717) is 11.4 Å². The van der Waals surface area contributed by atoms with Crippen molar-refractivity contribution in [3.05, 3.63) is 24.3 Å². The van der Waals surface area contributed by atoms with Crippen molar-refractivity contribution in [3.8, 4) is 6.07 Å². The Balaban J connectivity index is 2.51. The summed E-state index contributed by atoms with van der Waals surface area (Å²) in [6.45, 7) is 4.91. The second-order valence-corrected chi connectivity index (χ2v) is 5.87. The van der Waals surface area contributed by atoms with Crippen LogP contribution in [-0.4, -0.2) is 30.1 Å². The van der Waals surface area contributed by atoms with Crippen LogP contribution < -0.4 is 16.0 Å². The van der Waals surface area contributed by atoms with Crippen LogP contribution in [0.5, 0.6) is 0 Å². The fraction of sp³-hybridized carbons (Fsp3) is 0.375. The first-order chi connectivity index (χ1) is 11.2. The SMILES string of the molecule is CC(C)(C)OC(=O)NCC(=O)Nc1cccc(NC(=O)CC#N)c1. The maximum absolute atomic E-state index is 11.8. The van der Waals surface area contributed by atoms with E-state index in [0.717, 1.165) is 0 Å². The summed E-state index contributed by atoms with van der Waals surface area (Å²) in [4.78, 5) is 34.6. The van der Waals surface area contributed by atoms with Crippen molar-refractivity contribution in [3.63, 3.8) is 0 Å². The monoisotopic (exact) mass is 332 g/mol. The molecule has 3 amide bonds. The van der Waals surface area contributed by atoms with Gasteiger partial charge in [-0.15, -0.1) is 0 Å². The summed E-state index contributed by atoms with van der Waals surface area (Å²) in [6.07, 6.45) is -0.939. The van der Waals surface area contributed by atoms with E-state index in [-0.39, 0.29) is 13.0 Å². The predicted molar refractivity (Wildman–Crippen MR) is 88.2 cm³/mol. The maximum atomic E-state index is 11.8. The van der Waals surface area contributed by atoms with Gasteiger partial charge in [0.25, 0.3) is 0 Å². The van der Waals surface area contributed by atoms with E-state index >= 15 is 0 Å². The van der Waals surface area contributed by atoms with Crippen LogP contribution >= 0.6 is 0 Å². The van der Waals surface area contributed by atoms with Crippen LogP contribution in [-0.2, 0) is 14.3 Å². The lowest BCUT2D eigenvalue weighted by Gasteiger charge is -2.19. The molecule has 0 atom stereocenters. The zero-order valence-electron chi connectivity index (χ0n) is 13.8. The Labute approximate surface area is 140 Å². The summed E-state index contributed by atoms with van der Waals surface area (Å²) in [5, 5.41) is 15.9. The average Bonchev–Trinajstić information content (AvgIpc) is 2.44. The third kappa shape index (κ3) is 7.79. The molecule has 0 unspecified atom stereocenters. The Hall–Kier alpha value is -3.08. The Bertz CT molecular complexity index is 659. The Morgan fingerprint density at radius 3 is 2.25 bits per heavy atom. The molecule has 0 saturated heterocycles. The zero-order valence-corrected chi connectivity index (χ0v) is 13.8. The molecule has 8 heteroatoms. The third-order valence-electron chi connectivity index (χ3n) is 2.46. The highest BCUT2D eigenvalue weighted by Gasteiger charge is 2.16. The molecule has 24 heavy (non-hydrogen) atoms. The number of carbonyl (C=O) groups is 3. The molecule has 8 nitrogen and oxygen atoms in total. The molecule has 0 aromatic heterocycles. The Morgan fingerprint density at radius 1 is 1.12 bits per heavy atom. The molecule has 0 aliphatic carbocycles. The van der Waals surface area contributed by atoms with E-state index in [1.807, 2.05) is 0 Å². The van der Waals surface area contributed by atoms with Crippen LogP contribution in [0.25, 0.3) is 0 Å². The van der Waals surface area contributed by atoms with Gasteiger partial charge in [0.2, 0.25) is 11.8 Å². The summed E-state index contributed by atoms with van der Waals surface area (Å²) < 4.78 is 5.02. The topological polar surface area (TPSA) is 120 Å². The quantitative estimate of drug-likeness (QED) is 0.761. The van der Waals surface area contributed by atoms with Gasteiger partial charge >= 0.3 is 6.09 Å². The number of benzene rings is 1. The van der Waals surface area contributed by atoms with E-state index in [9.17, 15) is 14.4 Å². The van der Waals surface area contributed by atoms with Gasteiger partial charge < -0.3 is 20.7 Å². The van der Waals surface area contributed by atoms with Crippen molar-refractivity contribution < 1.29 is 19.1 Å². The first-order valence-corrected chi connectivity index (χ1v) is 7.23. The number of alkyl carbamates (subject to hydrolysis) is 1. The molecule has 0 radical (unpaired) electrons. The fourth-order valence-corrected chi connectivity index (χ4v) is 1.62. The summed E-state index contributed by atoms with van der Waals surface area (Å²) in [7, 11) is 0. The van der Waals surface area contributed by atoms with Gasteiger partial charge in [0.15, 0.2) is 0 Å². The largest absolute Gasteiger partial charge is 0.444 e. The average molecular weight is 332 g/mol. The van der Waals surface area contributed by atoms with Gasteiger partial charge in [-0.1, -0.05) is 6.07 Å². The van der Waals surface area contributed by atoms with Gasteiger partial charge in [-0.25, -0.2) is 4.79 Å². The van der Waals surface area contributed by atoms with Gasteiger partial charge in [-0.05, 0) is 39.0 Å². The number of ether oxygens (including phenoxy) is 1. The van der Waals surface area contributed by atoms with Crippen molar-refractivity contribution >= 4 is 29.3 Å². The summed E-state index contributed by atoms with van der Waals surface area (Å²) in [5.74, 6) is -0.881. The Kier molecular flexibility index (Phi) is 6.74. The van der Waals surface area contributed by atoms with Crippen molar-refractivity contribution in [2.45, 2.75) is 32.8 Å². The molecule has 0 heterocycles. The number of amides is 3. The van der Waals surface area contributed by atoms with Crippen LogP contribution in [0.2, 0.25) is 0 Å². The first kappa shape index (κ1) is 19.0. The number of nitrogens with one attached hydrogen (secondary N) is 3. The smallest absolute Gasteiger partial charge is 0.408 e. The minimum atomic E-state index is -0.685. The number of rotatable bonds is 5. The molecular formula is C16H20N4O4. The standard InChI is InChI=1S/C16H20N4O4/c1-16(2,3)24-15(23)18-10-14(22)20-12-6-4-5-11(9-12)19-13(21)7-8-17/h4-6,9H,7,10H2,1-3H3,(H,18,23)(H,19,21)(H,20,22). The van der Waals surface area contributed by atoms with E-state index in [1.165, 1.54) is 0 Å². The van der Waals surface area contributed by atoms with Crippen molar-refractivity contribution in [1.29, 1.82) is 5.26 Å². The number of hydrogen-bond acceptors (Lipinski definition) is 5. The lowest BCUT2D eigenvalue weighted by atomic mass is 10.2. The molecule has 1 aromatic rings. The van der Waals surface area contributed by atoms with Crippen LogP contribution in [0.4, 0.5) is 16.2 Å². The van der Waals surface area contributed by atoms with Gasteiger partial charge in [0.1, 0.15) is 18.6 Å². The molecule has 3 N–H and O–H groups in total. The minimum Gasteiger partial charge on any atom is -0.444 e. The minimum absolute atomic E-state index is 0.250. The third-order valence-corrected chi connectivity index (χ3v) is 2.46. The first-order valence-electron chi connectivity index (χ1n) is 7.23. The van der Waals surface area contributed by atoms with E-state index in [1.54, 1.807) is 51.1 Å². The molecule has 1 rings (SSSR count). The van der Waals surface area contributed by atoms with Crippen LogP contribution in [0.15, 0.2) is 24.3 Å². The molecule has 0 bridgehead atoms. The number of carbonyl (C=O) groups excluding carboxylic acids is 3. The molecule has 0 aliphatic rings. The molecule has 128 valence electrons. The lowest BCUT2D eigenvalue weighted by Crippen LogP contribution is -2.37. The zero-order chi connectivity index (χ0) is 18.2. The molecular weight excluding hydrogens is 312 g/mol.